The Morgan fingerprint density at radius 2 is 2.27 bits per heavy atom. The summed E-state index contributed by atoms with van der Waals surface area (Å²) in [5, 5.41) is 8.11. The molecule has 5 heteroatoms. The Morgan fingerprint density at radius 3 is 3.13 bits per heavy atom. The van der Waals surface area contributed by atoms with Gasteiger partial charge in [0.25, 0.3) is 0 Å². The second-order valence-corrected chi connectivity index (χ2v) is 3.51. The van der Waals surface area contributed by atoms with Gasteiger partial charge in [-0.2, -0.15) is 0 Å². The molecule has 0 radical (unpaired) electrons. The first-order valence-corrected chi connectivity index (χ1v) is 4.78. The molecule has 1 aliphatic rings. The standard InChI is InChI=1S/C10H10N4O/c11-12-9-5-6-1-2-8-7(3-4-15-8)10(6)14-13-9/h3-5H,1-2,11H2,(H,12,13). The molecule has 0 aliphatic heterocycles. The third-order valence-electron chi connectivity index (χ3n) is 2.64. The highest BCUT2D eigenvalue weighted by molar-refractivity contribution is 5.68. The van der Waals surface area contributed by atoms with Gasteiger partial charge in [0.15, 0.2) is 5.82 Å². The molecular weight excluding hydrogens is 192 g/mol. The highest BCUT2D eigenvalue weighted by Crippen LogP contribution is 2.32. The van der Waals surface area contributed by atoms with Gasteiger partial charge in [-0.05, 0) is 24.1 Å². The smallest absolute Gasteiger partial charge is 0.162 e. The molecule has 2 aromatic heterocycles. The number of anilines is 1. The van der Waals surface area contributed by atoms with Crippen LogP contribution >= 0.6 is 0 Å². The van der Waals surface area contributed by atoms with Gasteiger partial charge in [-0.1, -0.05) is 0 Å². The van der Waals surface area contributed by atoms with Crippen molar-refractivity contribution in [2.24, 2.45) is 5.84 Å². The van der Waals surface area contributed by atoms with Crippen molar-refractivity contribution in [2.45, 2.75) is 12.8 Å². The summed E-state index contributed by atoms with van der Waals surface area (Å²) < 4.78 is 5.36. The first-order valence-electron chi connectivity index (χ1n) is 4.78. The number of rotatable bonds is 1. The van der Waals surface area contributed by atoms with E-state index in [4.69, 9.17) is 10.3 Å². The highest BCUT2D eigenvalue weighted by Gasteiger charge is 2.20. The highest BCUT2D eigenvalue weighted by atomic mass is 16.3. The van der Waals surface area contributed by atoms with E-state index in [2.05, 4.69) is 15.6 Å². The quantitative estimate of drug-likeness (QED) is 0.535. The molecule has 0 spiro atoms. The van der Waals surface area contributed by atoms with Gasteiger partial charge in [-0.15, -0.1) is 10.2 Å². The van der Waals surface area contributed by atoms with Crippen LogP contribution in [0.15, 0.2) is 22.8 Å². The summed E-state index contributed by atoms with van der Waals surface area (Å²) in [7, 11) is 0. The lowest BCUT2D eigenvalue weighted by atomic mass is 9.95. The number of furan rings is 1. The van der Waals surface area contributed by atoms with E-state index in [1.165, 1.54) is 0 Å². The first kappa shape index (κ1) is 8.43. The van der Waals surface area contributed by atoms with Crippen LogP contribution in [0.1, 0.15) is 11.3 Å². The minimum atomic E-state index is 0.598. The summed E-state index contributed by atoms with van der Waals surface area (Å²) in [5.74, 6) is 6.88. The van der Waals surface area contributed by atoms with E-state index >= 15 is 0 Å². The number of hydrogen-bond acceptors (Lipinski definition) is 5. The molecule has 76 valence electrons. The number of hydrazine groups is 1. The molecule has 0 saturated heterocycles. The zero-order valence-electron chi connectivity index (χ0n) is 8.03. The molecular formula is C10H10N4O. The second kappa shape index (κ2) is 3.06. The molecule has 5 nitrogen and oxygen atoms in total. The van der Waals surface area contributed by atoms with E-state index in [9.17, 15) is 0 Å². The molecule has 0 aromatic carbocycles. The molecule has 3 N–H and O–H groups in total. The van der Waals surface area contributed by atoms with Crippen LogP contribution < -0.4 is 11.3 Å². The zero-order chi connectivity index (χ0) is 10.3. The number of nitrogens with one attached hydrogen (secondary N) is 1. The predicted molar refractivity (Wildman–Crippen MR) is 55.0 cm³/mol. The monoisotopic (exact) mass is 202 g/mol. The maximum absolute atomic E-state index is 5.36. The van der Waals surface area contributed by atoms with E-state index in [1.807, 2.05) is 12.1 Å². The van der Waals surface area contributed by atoms with Crippen LogP contribution in [0.4, 0.5) is 5.82 Å². The molecule has 0 amide bonds. The predicted octanol–water partition coefficient (Wildman–Crippen LogP) is 1.12. The molecule has 0 atom stereocenters. The van der Waals surface area contributed by atoms with E-state index < -0.39 is 0 Å². The van der Waals surface area contributed by atoms with Gasteiger partial charge in [-0.25, -0.2) is 5.84 Å². The van der Waals surface area contributed by atoms with Crippen molar-refractivity contribution in [1.82, 2.24) is 10.2 Å². The SMILES string of the molecule is NNc1cc2c(nn1)-c1ccoc1CC2. The third-order valence-corrected chi connectivity index (χ3v) is 2.64. The van der Waals surface area contributed by atoms with E-state index in [-0.39, 0.29) is 0 Å². The van der Waals surface area contributed by atoms with Gasteiger partial charge in [-0.3, -0.25) is 0 Å². The van der Waals surface area contributed by atoms with E-state index in [1.54, 1.807) is 6.26 Å². The lowest BCUT2D eigenvalue weighted by Crippen LogP contribution is -2.12. The van der Waals surface area contributed by atoms with Crippen molar-refractivity contribution in [3.63, 3.8) is 0 Å². The number of nitrogens with two attached hydrogens (primary N) is 1. The van der Waals surface area contributed by atoms with Crippen LogP contribution in [0, 0.1) is 0 Å². The van der Waals surface area contributed by atoms with Crippen LogP contribution in [0.2, 0.25) is 0 Å². The Morgan fingerprint density at radius 1 is 1.33 bits per heavy atom. The topological polar surface area (TPSA) is 77.0 Å². The van der Waals surface area contributed by atoms with Gasteiger partial charge in [0.1, 0.15) is 5.76 Å². The van der Waals surface area contributed by atoms with Crippen molar-refractivity contribution >= 4 is 5.82 Å². The number of nitrogens with zero attached hydrogens (tertiary/aromatic N) is 2. The summed E-state index contributed by atoms with van der Waals surface area (Å²) in [4.78, 5) is 0. The number of aromatic nitrogens is 2. The molecule has 0 fully saturated rings. The summed E-state index contributed by atoms with van der Waals surface area (Å²) in [6.45, 7) is 0. The van der Waals surface area contributed by atoms with Crippen molar-refractivity contribution in [3.8, 4) is 11.3 Å². The minimum Gasteiger partial charge on any atom is -0.469 e. The van der Waals surface area contributed by atoms with Gasteiger partial charge in [0.2, 0.25) is 0 Å². The first-order chi connectivity index (χ1) is 7.38. The van der Waals surface area contributed by atoms with Crippen LogP contribution in [-0.4, -0.2) is 10.2 Å². The normalized spacial score (nSPS) is 13.1. The van der Waals surface area contributed by atoms with Crippen molar-refractivity contribution in [3.05, 3.63) is 29.7 Å². The summed E-state index contributed by atoms with van der Waals surface area (Å²) in [6, 6.07) is 3.86. The third kappa shape index (κ3) is 1.20. The van der Waals surface area contributed by atoms with Crippen molar-refractivity contribution < 1.29 is 4.42 Å². The lowest BCUT2D eigenvalue weighted by molar-refractivity contribution is 0.506. The Balaban J connectivity index is 2.18. The Labute approximate surface area is 86.3 Å². The molecule has 2 heterocycles. The maximum Gasteiger partial charge on any atom is 0.162 e. The molecule has 0 bridgehead atoms. The number of fused-ring (bicyclic) bond motifs is 3. The molecule has 0 unspecified atom stereocenters. The van der Waals surface area contributed by atoms with Gasteiger partial charge < -0.3 is 9.84 Å². The fraction of sp³-hybridized carbons (Fsp3) is 0.200. The Kier molecular flexibility index (Phi) is 1.72. The number of hydrogen-bond donors (Lipinski definition) is 2. The molecule has 15 heavy (non-hydrogen) atoms. The average molecular weight is 202 g/mol. The van der Waals surface area contributed by atoms with Gasteiger partial charge in [0, 0.05) is 12.0 Å². The molecule has 0 saturated carbocycles. The maximum atomic E-state index is 5.36. The lowest BCUT2D eigenvalue weighted by Gasteiger charge is -2.13. The summed E-state index contributed by atoms with van der Waals surface area (Å²) in [5.41, 5.74) is 5.61. The summed E-state index contributed by atoms with van der Waals surface area (Å²) >= 11 is 0. The van der Waals surface area contributed by atoms with Crippen LogP contribution in [-0.2, 0) is 12.8 Å². The van der Waals surface area contributed by atoms with Crippen molar-refractivity contribution in [2.75, 3.05) is 5.43 Å². The molecule has 2 aromatic rings. The van der Waals surface area contributed by atoms with Gasteiger partial charge in [0.05, 0.1) is 12.0 Å². The molecule has 3 rings (SSSR count). The van der Waals surface area contributed by atoms with Crippen LogP contribution in [0.3, 0.4) is 0 Å². The van der Waals surface area contributed by atoms with E-state index in [0.29, 0.717) is 5.82 Å². The largest absolute Gasteiger partial charge is 0.469 e. The zero-order valence-corrected chi connectivity index (χ0v) is 8.03. The van der Waals surface area contributed by atoms with Crippen LogP contribution in [0.25, 0.3) is 11.3 Å². The van der Waals surface area contributed by atoms with E-state index in [0.717, 1.165) is 35.4 Å². The fourth-order valence-electron chi connectivity index (χ4n) is 1.91. The Hall–Kier alpha value is -1.88. The number of nitrogen functional groups attached to an aromatic ring is 1. The number of aryl methyl sites for hydroxylation is 2. The average Bonchev–Trinajstić information content (AvgIpc) is 2.76. The van der Waals surface area contributed by atoms with Crippen LogP contribution in [0.5, 0.6) is 0 Å². The Bertz CT molecular complexity index is 506. The van der Waals surface area contributed by atoms with Crippen molar-refractivity contribution in [1.29, 1.82) is 0 Å². The minimum absolute atomic E-state index is 0.598. The fourth-order valence-corrected chi connectivity index (χ4v) is 1.91. The second-order valence-electron chi connectivity index (χ2n) is 3.51. The summed E-state index contributed by atoms with van der Waals surface area (Å²) in [6.07, 6.45) is 3.52. The molecule has 1 aliphatic carbocycles. The van der Waals surface area contributed by atoms with Gasteiger partial charge >= 0.3 is 0 Å².